The van der Waals surface area contributed by atoms with Crippen molar-refractivity contribution in [3.05, 3.63) is 72.9 Å². The maximum absolute atomic E-state index is 12.9. The summed E-state index contributed by atoms with van der Waals surface area (Å²) in [5.74, 6) is -1.49. The number of carbonyl (C=O) groups is 3. The number of ether oxygens (including phenoxy) is 3. The van der Waals surface area contributed by atoms with Crippen LogP contribution in [0.4, 0.5) is 0 Å². The normalized spacial score (nSPS) is 13.8. The standard InChI is InChI=1S/C66H117O11P/c1-4-7-10-13-16-19-22-25-28-31-34-37-40-43-46-49-52-55-64(68)73-59-63(77-66(70)57-54-51-48-45-42-39-36-33-30-27-24-21-18-15-12-9-6-3)61-75-78(71,72)74-60-62(58-67)76-65(69)56-53-50-47-44-41-38-35-32-29-26-23-20-17-14-11-8-5-2/h9,12,16,18-19,21,25,27-28,30,36,39,62-63,67H,4-8,10-11,13-15,17,20,22-24,26,29,31-35,37-38,40-61H2,1-3H3,(H,71,72)/b12-9-,19-16-,21-18-,28-25-,30-27-,39-36-. The Kier molecular flexibility index (Phi) is 57.7. The lowest BCUT2D eigenvalue weighted by Gasteiger charge is -2.21. The van der Waals surface area contributed by atoms with E-state index in [1.165, 1.54) is 128 Å². The van der Waals surface area contributed by atoms with E-state index in [4.69, 9.17) is 23.3 Å². The summed E-state index contributed by atoms with van der Waals surface area (Å²) in [6.07, 6.45) is 68.5. The van der Waals surface area contributed by atoms with Crippen LogP contribution in [0.5, 0.6) is 0 Å². The van der Waals surface area contributed by atoms with Gasteiger partial charge in [-0.2, -0.15) is 0 Å². The summed E-state index contributed by atoms with van der Waals surface area (Å²) < 4.78 is 39.7. The largest absolute Gasteiger partial charge is 0.472 e. The number of phosphoric ester groups is 1. The number of rotatable bonds is 59. The van der Waals surface area contributed by atoms with Crippen molar-refractivity contribution < 1.29 is 52.2 Å². The van der Waals surface area contributed by atoms with Gasteiger partial charge in [0.05, 0.1) is 19.8 Å². The van der Waals surface area contributed by atoms with Gasteiger partial charge in [-0.15, -0.1) is 0 Å². The van der Waals surface area contributed by atoms with Crippen LogP contribution in [-0.4, -0.2) is 66.5 Å². The zero-order chi connectivity index (χ0) is 56.9. The van der Waals surface area contributed by atoms with E-state index in [1.54, 1.807) is 0 Å². The zero-order valence-electron chi connectivity index (χ0n) is 50.1. The van der Waals surface area contributed by atoms with Crippen LogP contribution in [0.1, 0.15) is 290 Å². The van der Waals surface area contributed by atoms with Gasteiger partial charge in [-0.05, 0) is 89.9 Å². The smallest absolute Gasteiger partial charge is 0.462 e. The summed E-state index contributed by atoms with van der Waals surface area (Å²) in [6, 6.07) is 0. The molecular formula is C66H117O11P. The minimum absolute atomic E-state index is 0.137. The van der Waals surface area contributed by atoms with Gasteiger partial charge in [0.2, 0.25) is 0 Å². The number of hydrogen-bond acceptors (Lipinski definition) is 10. The summed E-state index contributed by atoms with van der Waals surface area (Å²) in [4.78, 5) is 48.7. The van der Waals surface area contributed by atoms with E-state index in [-0.39, 0.29) is 25.9 Å². The Bertz CT molecular complexity index is 1590. The molecule has 0 aliphatic carbocycles. The molecule has 12 heteroatoms. The topological polar surface area (TPSA) is 155 Å². The van der Waals surface area contributed by atoms with Gasteiger partial charge in [0.15, 0.2) is 6.10 Å². The molecule has 3 atom stereocenters. The molecule has 0 spiro atoms. The van der Waals surface area contributed by atoms with E-state index in [9.17, 15) is 28.9 Å². The quantitative estimate of drug-likeness (QED) is 0.0197. The van der Waals surface area contributed by atoms with E-state index >= 15 is 0 Å². The predicted molar refractivity (Wildman–Crippen MR) is 325 cm³/mol. The van der Waals surface area contributed by atoms with Crippen LogP contribution in [-0.2, 0) is 42.2 Å². The van der Waals surface area contributed by atoms with Crippen LogP contribution >= 0.6 is 7.82 Å². The molecule has 0 saturated carbocycles. The highest BCUT2D eigenvalue weighted by atomic mass is 31.2. The lowest BCUT2D eigenvalue weighted by atomic mass is 10.0. The van der Waals surface area contributed by atoms with Crippen LogP contribution in [0, 0.1) is 0 Å². The number of aliphatic hydroxyl groups excluding tert-OH is 1. The number of aliphatic hydroxyl groups is 1. The van der Waals surface area contributed by atoms with Crippen LogP contribution in [0.15, 0.2) is 72.9 Å². The van der Waals surface area contributed by atoms with E-state index in [1.807, 2.05) is 0 Å². The second kappa shape index (κ2) is 60.0. The van der Waals surface area contributed by atoms with Crippen molar-refractivity contribution in [2.45, 2.75) is 303 Å². The molecule has 452 valence electrons. The summed E-state index contributed by atoms with van der Waals surface area (Å²) in [5, 5.41) is 9.85. The first-order valence-corrected chi connectivity index (χ1v) is 33.3. The van der Waals surface area contributed by atoms with Crippen LogP contribution in [0.3, 0.4) is 0 Å². The molecule has 0 fully saturated rings. The van der Waals surface area contributed by atoms with Gasteiger partial charge in [-0.3, -0.25) is 23.4 Å². The minimum Gasteiger partial charge on any atom is -0.462 e. The van der Waals surface area contributed by atoms with Crippen molar-refractivity contribution in [3.8, 4) is 0 Å². The Morgan fingerprint density at radius 3 is 1.05 bits per heavy atom. The molecule has 0 bridgehead atoms. The van der Waals surface area contributed by atoms with Gasteiger partial charge in [0, 0.05) is 19.3 Å². The Morgan fingerprint density at radius 2 is 0.667 bits per heavy atom. The van der Waals surface area contributed by atoms with E-state index in [0.29, 0.717) is 19.3 Å². The van der Waals surface area contributed by atoms with Crippen LogP contribution < -0.4 is 0 Å². The molecule has 0 aliphatic rings. The first-order valence-electron chi connectivity index (χ1n) is 31.8. The first kappa shape index (κ1) is 74.9. The van der Waals surface area contributed by atoms with E-state index in [2.05, 4.69) is 93.7 Å². The van der Waals surface area contributed by atoms with Crippen molar-refractivity contribution in [2.24, 2.45) is 0 Å². The highest BCUT2D eigenvalue weighted by Crippen LogP contribution is 2.43. The third-order valence-electron chi connectivity index (χ3n) is 13.6. The van der Waals surface area contributed by atoms with Crippen molar-refractivity contribution in [2.75, 3.05) is 26.4 Å². The van der Waals surface area contributed by atoms with Crippen molar-refractivity contribution in [1.29, 1.82) is 0 Å². The third kappa shape index (κ3) is 57.6. The van der Waals surface area contributed by atoms with E-state index in [0.717, 1.165) is 103 Å². The summed E-state index contributed by atoms with van der Waals surface area (Å²) >= 11 is 0. The molecule has 0 aromatic carbocycles. The zero-order valence-corrected chi connectivity index (χ0v) is 51.0. The SMILES string of the molecule is CC/C=C\C/C=C\C/C=C\C/C=C\CCCCCCC(=O)OC(COC(=O)CCCCCCCCC/C=C\C/C=C\CCCCC)COP(=O)(O)OCC(CO)OC(=O)CCCCCCCCCCCCCCCCCCC. The number of carbonyl (C=O) groups excluding carboxylic acids is 3. The Balaban J connectivity index is 4.72. The Morgan fingerprint density at radius 1 is 0.372 bits per heavy atom. The Hall–Kier alpha value is -3.08. The van der Waals surface area contributed by atoms with Crippen molar-refractivity contribution in [3.63, 3.8) is 0 Å². The molecule has 0 aliphatic heterocycles. The maximum atomic E-state index is 12.9. The fourth-order valence-electron chi connectivity index (χ4n) is 8.79. The average Bonchev–Trinajstić information content (AvgIpc) is 3.43. The molecule has 0 saturated heterocycles. The van der Waals surface area contributed by atoms with Gasteiger partial charge in [-0.25, -0.2) is 4.57 Å². The number of phosphoric acid groups is 1. The second-order valence-corrected chi connectivity index (χ2v) is 22.7. The molecule has 0 radical (unpaired) electrons. The predicted octanol–water partition coefficient (Wildman–Crippen LogP) is 19.3. The summed E-state index contributed by atoms with van der Waals surface area (Å²) in [7, 11) is -4.76. The highest BCUT2D eigenvalue weighted by Gasteiger charge is 2.28. The highest BCUT2D eigenvalue weighted by molar-refractivity contribution is 7.47. The molecule has 11 nitrogen and oxygen atoms in total. The van der Waals surface area contributed by atoms with Crippen molar-refractivity contribution >= 4 is 25.7 Å². The molecule has 78 heavy (non-hydrogen) atoms. The molecule has 0 aromatic rings. The third-order valence-corrected chi connectivity index (χ3v) is 14.6. The molecule has 0 heterocycles. The lowest BCUT2D eigenvalue weighted by molar-refractivity contribution is -0.161. The fraction of sp³-hybridized carbons (Fsp3) is 0.773. The number of hydrogen-bond donors (Lipinski definition) is 2. The molecular weight excluding hydrogens is 1000 g/mol. The van der Waals surface area contributed by atoms with Crippen LogP contribution in [0.2, 0.25) is 0 Å². The molecule has 0 rings (SSSR count). The van der Waals surface area contributed by atoms with Gasteiger partial charge in [0.1, 0.15) is 12.7 Å². The maximum Gasteiger partial charge on any atom is 0.472 e. The van der Waals surface area contributed by atoms with Crippen LogP contribution in [0.25, 0.3) is 0 Å². The van der Waals surface area contributed by atoms with E-state index < -0.39 is 57.8 Å². The fourth-order valence-corrected chi connectivity index (χ4v) is 9.57. The molecule has 2 N–H and O–H groups in total. The average molecular weight is 1120 g/mol. The first-order chi connectivity index (χ1) is 38.2. The number of allylic oxidation sites excluding steroid dienone is 12. The van der Waals surface area contributed by atoms with Gasteiger partial charge in [0.25, 0.3) is 0 Å². The number of unbranched alkanes of at least 4 members (excludes halogenated alkanes) is 30. The number of esters is 3. The minimum atomic E-state index is -4.76. The van der Waals surface area contributed by atoms with Crippen molar-refractivity contribution in [1.82, 2.24) is 0 Å². The van der Waals surface area contributed by atoms with Gasteiger partial charge >= 0.3 is 25.7 Å². The molecule has 0 amide bonds. The Labute approximate surface area is 478 Å². The van der Waals surface area contributed by atoms with Gasteiger partial charge in [-0.1, -0.05) is 254 Å². The molecule has 3 unspecified atom stereocenters. The summed E-state index contributed by atoms with van der Waals surface area (Å²) in [6.45, 7) is 4.52. The lowest BCUT2D eigenvalue weighted by Crippen LogP contribution is -2.30. The second-order valence-electron chi connectivity index (χ2n) is 21.2. The van der Waals surface area contributed by atoms with Gasteiger partial charge < -0.3 is 24.2 Å². The molecule has 0 aromatic heterocycles. The monoisotopic (exact) mass is 1120 g/mol. The summed E-state index contributed by atoms with van der Waals surface area (Å²) in [5.41, 5.74) is 0.